The van der Waals surface area contributed by atoms with Crippen LogP contribution in [0.25, 0.3) is 22.4 Å². The van der Waals surface area contributed by atoms with Gasteiger partial charge >= 0.3 is 0 Å². The van der Waals surface area contributed by atoms with Gasteiger partial charge in [0, 0.05) is 31.0 Å². The standard InChI is InChI=1S/C26H30N4O3/c1-5-33-15-9-14-30-18(3)17(2)23(24-27-21-12-6-7-13-22(21)28-24)25(30)29-26(31)19-10-8-11-20(16-19)32-4/h6-8,10-13,16H,5,9,14-15H2,1-4H3,(H,27,28)(H,29,31). The summed E-state index contributed by atoms with van der Waals surface area (Å²) in [6, 6.07) is 15.1. The van der Waals surface area contributed by atoms with Crippen molar-refractivity contribution < 1.29 is 14.3 Å². The molecular formula is C26H30N4O3. The number of nitrogens with one attached hydrogen (secondary N) is 2. The van der Waals surface area contributed by atoms with Crippen LogP contribution >= 0.6 is 0 Å². The summed E-state index contributed by atoms with van der Waals surface area (Å²) >= 11 is 0. The summed E-state index contributed by atoms with van der Waals surface area (Å²) < 4.78 is 13.0. The molecule has 7 nitrogen and oxygen atoms in total. The molecule has 0 spiro atoms. The molecule has 0 aliphatic heterocycles. The number of hydrogen-bond acceptors (Lipinski definition) is 4. The van der Waals surface area contributed by atoms with E-state index in [-0.39, 0.29) is 5.91 Å². The fourth-order valence-corrected chi connectivity index (χ4v) is 4.05. The molecule has 2 aromatic carbocycles. The molecule has 172 valence electrons. The van der Waals surface area contributed by atoms with E-state index < -0.39 is 0 Å². The van der Waals surface area contributed by atoms with Gasteiger partial charge in [0.25, 0.3) is 5.91 Å². The van der Waals surface area contributed by atoms with E-state index in [1.54, 1.807) is 19.2 Å². The zero-order chi connectivity index (χ0) is 23.4. The normalized spacial score (nSPS) is 11.2. The number of rotatable bonds is 9. The third-order valence-corrected chi connectivity index (χ3v) is 5.89. The molecule has 0 saturated heterocycles. The zero-order valence-corrected chi connectivity index (χ0v) is 19.6. The molecule has 2 heterocycles. The molecule has 1 amide bonds. The Bertz CT molecular complexity index is 1240. The van der Waals surface area contributed by atoms with Crippen molar-refractivity contribution in [2.45, 2.75) is 33.7 Å². The van der Waals surface area contributed by atoms with Crippen LogP contribution in [-0.4, -0.2) is 40.8 Å². The smallest absolute Gasteiger partial charge is 0.256 e. The number of aromatic amines is 1. The molecule has 0 aliphatic carbocycles. The van der Waals surface area contributed by atoms with Crippen molar-refractivity contribution in [3.8, 4) is 17.1 Å². The number of para-hydroxylation sites is 2. The van der Waals surface area contributed by atoms with E-state index in [1.807, 2.05) is 43.3 Å². The number of methoxy groups -OCH3 is 1. The minimum atomic E-state index is -0.199. The second kappa shape index (κ2) is 9.92. The lowest BCUT2D eigenvalue weighted by Crippen LogP contribution is -2.17. The fraction of sp³-hybridized carbons (Fsp3) is 0.308. The number of carbonyl (C=O) groups is 1. The highest BCUT2D eigenvalue weighted by molar-refractivity contribution is 6.06. The van der Waals surface area contributed by atoms with Crippen LogP contribution in [0, 0.1) is 13.8 Å². The lowest BCUT2D eigenvalue weighted by Gasteiger charge is -2.14. The molecule has 4 rings (SSSR count). The van der Waals surface area contributed by atoms with Crippen LogP contribution in [0.1, 0.15) is 35.0 Å². The number of amides is 1. The summed E-state index contributed by atoms with van der Waals surface area (Å²) in [6.45, 7) is 8.20. The zero-order valence-electron chi connectivity index (χ0n) is 19.6. The van der Waals surface area contributed by atoms with Crippen molar-refractivity contribution >= 4 is 22.8 Å². The van der Waals surface area contributed by atoms with Crippen molar-refractivity contribution in [3.63, 3.8) is 0 Å². The Morgan fingerprint density at radius 1 is 1.15 bits per heavy atom. The average Bonchev–Trinajstić information content (AvgIpc) is 3.35. The van der Waals surface area contributed by atoms with Gasteiger partial charge in [-0.25, -0.2) is 4.98 Å². The van der Waals surface area contributed by atoms with E-state index in [9.17, 15) is 4.79 Å². The van der Waals surface area contributed by atoms with Crippen molar-refractivity contribution in [2.75, 3.05) is 25.6 Å². The number of ether oxygens (including phenoxy) is 2. The van der Waals surface area contributed by atoms with E-state index in [2.05, 4.69) is 28.7 Å². The lowest BCUT2D eigenvalue weighted by atomic mass is 10.1. The maximum atomic E-state index is 13.3. The van der Waals surface area contributed by atoms with Gasteiger partial charge in [0.2, 0.25) is 0 Å². The molecule has 2 N–H and O–H groups in total. The Morgan fingerprint density at radius 2 is 1.97 bits per heavy atom. The number of aromatic nitrogens is 3. The van der Waals surface area contributed by atoms with Gasteiger partial charge in [-0.3, -0.25) is 4.79 Å². The first kappa shape index (κ1) is 22.6. The second-order valence-corrected chi connectivity index (χ2v) is 7.92. The molecule has 0 unspecified atom stereocenters. The summed E-state index contributed by atoms with van der Waals surface area (Å²) in [5.41, 5.74) is 5.44. The number of fused-ring (bicyclic) bond motifs is 1. The van der Waals surface area contributed by atoms with E-state index in [1.165, 1.54) is 0 Å². The molecule has 0 radical (unpaired) electrons. The van der Waals surface area contributed by atoms with E-state index in [4.69, 9.17) is 14.5 Å². The Morgan fingerprint density at radius 3 is 2.73 bits per heavy atom. The molecule has 4 aromatic rings. The Kier molecular flexibility index (Phi) is 6.79. The maximum absolute atomic E-state index is 13.3. The van der Waals surface area contributed by atoms with Gasteiger partial charge in [-0.1, -0.05) is 18.2 Å². The van der Waals surface area contributed by atoms with Crippen molar-refractivity contribution in [1.29, 1.82) is 0 Å². The fourth-order valence-electron chi connectivity index (χ4n) is 4.05. The number of nitrogens with zero attached hydrogens (tertiary/aromatic N) is 2. The molecule has 7 heteroatoms. The lowest BCUT2D eigenvalue weighted by molar-refractivity contribution is 0.102. The minimum absolute atomic E-state index is 0.199. The van der Waals surface area contributed by atoms with E-state index in [0.29, 0.717) is 24.5 Å². The van der Waals surface area contributed by atoms with E-state index >= 15 is 0 Å². The van der Waals surface area contributed by atoms with Crippen LogP contribution in [0.3, 0.4) is 0 Å². The molecule has 0 fully saturated rings. The molecule has 0 atom stereocenters. The summed E-state index contributed by atoms with van der Waals surface area (Å²) in [6.07, 6.45) is 0.838. The Hall–Kier alpha value is -3.58. The molecule has 33 heavy (non-hydrogen) atoms. The molecular weight excluding hydrogens is 416 g/mol. The predicted octanol–water partition coefficient (Wildman–Crippen LogP) is 5.34. The summed E-state index contributed by atoms with van der Waals surface area (Å²) in [7, 11) is 1.59. The second-order valence-electron chi connectivity index (χ2n) is 7.92. The number of H-pyrrole nitrogens is 1. The largest absolute Gasteiger partial charge is 0.497 e. The monoisotopic (exact) mass is 446 g/mol. The first-order valence-electron chi connectivity index (χ1n) is 11.2. The number of carbonyl (C=O) groups excluding carboxylic acids is 1. The topological polar surface area (TPSA) is 81.2 Å². The van der Waals surface area contributed by atoms with Crippen LogP contribution in [-0.2, 0) is 11.3 Å². The van der Waals surface area contributed by atoms with Gasteiger partial charge < -0.3 is 24.3 Å². The summed E-state index contributed by atoms with van der Waals surface area (Å²) in [5, 5.41) is 3.16. The highest BCUT2D eigenvalue weighted by atomic mass is 16.5. The molecule has 2 aromatic heterocycles. The highest BCUT2D eigenvalue weighted by Gasteiger charge is 2.23. The number of anilines is 1. The predicted molar refractivity (Wildman–Crippen MR) is 131 cm³/mol. The van der Waals surface area contributed by atoms with E-state index in [0.717, 1.165) is 52.5 Å². The molecule has 0 aliphatic rings. The van der Waals surface area contributed by atoms with Gasteiger partial charge in [-0.15, -0.1) is 0 Å². The average molecular weight is 447 g/mol. The third kappa shape index (κ3) is 4.64. The summed E-state index contributed by atoms with van der Waals surface area (Å²) in [5.74, 6) is 1.91. The van der Waals surface area contributed by atoms with Crippen LogP contribution in [0.15, 0.2) is 48.5 Å². The van der Waals surface area contributed by atoms with Gasteiger partial charge in [-0.05, 0) is 63.1 Å². The number of benzene rings is 2. The number of hydrogen-bond donors (Lipinski definition) is 2. The van der Waals surface area contributed by atoms with Gasteiger partial charge in [-0.2, -0.15) is 0 Å². The van der Waals surface area contributed by atoms with Crippen LogP contribution in [0.4, 0.5) is 5.82 Å². The van der Waals surface area contributed by atoms with Crippen LogP contribution in [0.5, 0.6) is 5.75 Å². The quantitative estimate of drug-likeness (QED) is 0.340. The van der Waals surface area contributed by atoms with Crippen molar-refractivity contribution in [1.82, 2.24) is 14.5 Å². The van der Waals surface area contributed by atoms with Gasteiger partial charge in [0.1, 0.15) is 17.4 Å². The Balaban J connectivity index is 1.77. The third-order valence-electron chi connectivity index (χ3n) is 5.89. The SMILES string of the molecule is CCOCCCn1c(C)c(C)c(-c2nc3ccccc3[nH]2)c1NC(=O)c1cccc(OC)c1. The summed E-state index contributed by atoms with van der Waals surface area (Å²) in [4.78, 5) is 21.5. The Labute approximate surface area is 193 Å². The first-order chi connectivity index (χ1) is 16.0. The molecule has 0 bridgehead atoms. The van der Waals surface area contributed by atoms with Crippen molar-refractivity contribution in [3.05, 3.63) is 65.4 Å². The van der Waals surface area contributed by atoms with Gasteiger partial charge in [0.15, 0.2) is 0 Å². The van der Waals surface area contributed by atoms with Crippen LogP contribution in [0.2, 0.25) is 0 Å². The molecule has 0 saturated carbocycles. The van der Waals surface area contributed by atoms with Crippen LogP contribution < -0.4 is 10.1 Å². The van der Waals surface area contributed by atoms with Gasteiger partial charge in [0.05, 0.1) is 23.7 Å². The number of imidazole rings is 1. The maximum Gasteiger partial charge on any atom is 0.256 e. The minimum Gasteiger partial charge on any atom is -0.497 e. The highest BCUT2D eigenvalue weighted by Crippen LogP contribution is 2.36. The first-order valence-corrected chi connectivity index (χ1v) is 11.2. The van der Waals surface area contributed by atoms with Crippen molar-refractivity contribution in [2.24, 2.45) is 0 Å².